The van der Waals surface area contributed by atoms with Crippen LogP contribution >= 0.6 is 0 Å². The van der Waals surface area contributed by atoms with Gasteiger partial charge in [-0.2, -0.15) is 5.26 Å². The molecule has 0 amide bonds. The number of hydrogen-bond acceptors (Lipinski definition) is 8. The molecule has 172 valence electrons. The van der Waals surface area contributed by atoms with E-state index in [4.69, 9.17) is 10.00 Å². The van der Waals surface area contributed by atoms with Crippen molar-refractivity contribution in [2.75, 3.05) is 12.9 Å². The molecule has 3 rings (SSSR count). The molecule has 11 heteroatoms. The lowest BCUT2D eigenvalue weighted by Gasteiger charge is -2.15. The Kier molecular flexibility index (Phi) is 7.87. The summed E-state index contributed by atoms with van der Waals surface area (Å²) in [5, 5.41) is 17.3. The van der Waals surface area contributed by atoms with E-state index in [9.17, 15) is 13.2 Å². The first-order valence-corrected chi connectivity index (χ1v) is 12.0. The fraction of sp³-hybridized carbons (Fsp3) is 0.318. The van der Waals surface area contributed by atoms with Crippen molar-refractivity contribution in [3.05, 3.63) is 60.2 Å². The molecule has 0 aliphatic heterocycles. The van der Waals surface area contributed by atoms with E-state index in [-0.39, 0.29) is 12.2 Å². The zero-order valence-electron chi connectivity index (χ0n) is 18.3. The molecule has 33 heavy (non-hydrogen) atoms. The van der Waals surface area contributed by atoms with Gasteiger partial charge >= 0.3 is 5.97 Å². The molecule has 2 aromatic heterocycles. The topological polar surface area (TPSA) is 140 Å². The number of aromatic nitrogens is 4. The van der Waals surface area contributed by atoms with Gasteiger partial charge in [0.1, 0.15) is 12.4 Å². The van der Waals surface area contributed by atoms with Gasteiger partial charge in [-0.3, -0.25) is 9.36 Å². The Morgan fingerprint density at radius 3 is 2.58 bits per heavy atom. The first-order valence-electron chi connectivity index (χ1n) is 10.3. The number of nitriles is 1. The first-order chi connectivity index (χ1) is 15.8. The van der Waals surface area contributed by atoms with E-state index in [2.05, 4.69) is 26.0 Å². The number of methoxy groups -OCH3 is 1. The van der Waals surface area contributed by atoms with Gasteiger partial charge in [-0.15, -0.1) is 10.2 Å². The molecule has 0 saturated heterocycles. The van der Waals surface area contributed by atoms with E-state index in [0.717, 1.165) is 12.0 Å². The standard InChI is InChI=1S/C22H24N6O4S/c1-3-4-11-33(30,31)27-20(22(29)32-2)12-18-14-28(15-24-18)21-10-9-19(25-26-21)17-7-5-16(13-23)6-8-17/h5-10,14-15,20,27H,3-4,11-12H2,1-2H3. The summed E-state index contributed by atoms with van der Waals surface area (Å²) < 4.78 is 33.3. The fourth-order valence-electron chi connectivity index (χ4n) is 3.06. The summed E-state index contributed by atoms with van der Waals surface area (Å²) in [7, 11) is -2.42. The van der Waals surface area contributed by atoms with Crippen molar-refractivity contribution in [2.24, 2.45) is 0 Å². The molecule has 0 radical (unpaired) electrons. The summed E-state index contributed by atoms with van der Waals surface area (Å²) in [6.45, 7) is 1.89. The van der Waals surface area contributed by atoms with Crippen molar-refractivity contribution in [2.45, 2.75) is 32.2 Å². The number of imidazole rings is 1. The van der Waals surface area contributed by atoms with Crippen LogP contribution in [0.5, 0.6) is 0 Å². The average Bonchev–Trinajstić information content (AvgIpc) is 3.30. The van der Waals surface area contributed by atoms with Crippen LogP contribution in [0.3, 0.4) is 0 Å². The van der Waals surface area contributed by atoms with Crippen LogP contribution in [0.4, 0.5) is 0 Å². The summed E-state index contributed by atoms with van der Waals surface area (Å²) >= 11 is 0. The molecule has 10 nitrogen and oxygen atoms in total. The molecule has 1 aromatic carbocycles. The lowest BCUT2D eigenvalue weighted by molar-refractivity contribution is -0.142. The van der Waals surface area contributed by atoms with E-state index in [0.29, 0.717) is 29.2 Å². The third-order valence-electron chi connectivity index (χ3n) is 4.85. The highest BCUT2D eigenvalue weighted by molar-refractivity contribution is 7.89. The second-order valence-electron chi connectivity index (χ2n) is 7.31. The Hall–Kier alpha value is -3.62. The maximum absolute atomic E-state index is 12.2. The van der Waals surface area contributed by atoms with Gasteiger partial charge in [0.25, 0.3) is 0 Å². The number of rotatable bonds is 10. The van der Waals surface area contributed by atoms with Gasteiger partial charge in [-0.05, 0) is 30.7 Å². The average molecular weight is 469 g/mol. The Morgan fingerprint density at radius 2 is 1.97 bits per heavy atom. The summed E-state index contributed by atoms with van der Waals surface area (Å²) in [5.41, 5.74) is 2.53. The number of ether oxygens (including phenoxy) is 1. The second-order valence-corrected chi connectivity index (χ2v) is 9.18. The summed E-state index contributed by atoms with van der Waals surface area (Å²) in [6, 6.07) is 11.6. The van der Waals surface area contributed by atoms with E-state index in [1.807, 2.05) is 6.92 Å². The van der Waals surface area contributed by atoms with Crippen LogP contribution in [0.25, 0.3) is 17.1 Å². The van der Waals surface area contributed by atoms with Crippen LogP contribution in [0.2, 0.25) is 0 Å². The zero-order chi connectivity index (χ0) is 23.8. The largest absolute Gasteiger partial charge is 0.468 e. The van der Waals surface area contributed by atoms with Crippen molar-refractivity contribution in [1.29, 1.82) is 5.26 Å². The Labute approximate surface area is 192 Å². The molecule has 0 saturated carbocycles. The van der Waals surface area contributed by atoms with E-state index >= 15 is 0 Å². The number of nitrogens with zero attached hydrogens (tertiary/aromatic N) is 5. The molecule has 0 bridgehead atoms. The number of sulfonamides is 1. The van der Waals surface area contributed by atoms with Crippen molar-refractivity contribution in [3.8, 4) is 23.1 Å². The summed E-state index contributed by atoms with van der Waals surface area (Å²) in [4.78, 5) is 16.4. The van der Waals surface area contributed by atoms with Gasteiger partial charge in [-0.25, -0.2) is 18.1 Å². The highest BCUT2D eigenvalue weighted by atomic mass is 32.2. The van der Waals surface area contributed by atoms with Crippen molar-refractivity contribution in [3.63, 3.8) is 0 Å². The molecule has 2 heterocycles. The first kappa shape index (κ1) is 24.0. The molecule has 0 spiro atoms. The van der Waals surface area contributed by atoms with Crippen LogP contribution in [0.1, 0.15) is 31.0 Å². The number of benzene rings is 1. The SMILES string of the molecule is CCCCS(=O)(=O)NC(Cc1cn(-c2ccc(-c3ccc(C#N)cc3)nn2)cn1)C(=O)OC. The van der Waals surface area contributed by atoms with Crippen molar-refractivity contribution >= 4 is 16.0 Å². The zero-order valence-corrected chi connectivity index (χ0v) is 19.1. The highest BCUT2D eigenvalue weighted by Crippen LogP contribution is 2.18. The van der Waals surface area contributed by atoms with E-state index in [1.165, 1.54) is 13.4 Å². The Bertz CT molecular complexity index is 1230. The van der Waals surface area contributed by atoms with Crippen LogP contribution in [0, 0.1) is 11.3 Å². The molecule has 1 unspecified atom stereocenters. The number of esters is 1. The fourth-order valence-corrected chi connectivity index (χ4v) is 4.46. The molecule has 3 aromatic rings. The normalized spacial score (nSPS) is 12.2. The predicted molar refractivity (Wildman–Crippen MR) is 121 cm³/mol. The van der Waals surface area contributed by atoms with E-state index in [1.54, 1.807) is 47.2 Å². The number of hydrogen-bond donors (Lipinski definition) is 1. The number of unbranched alkanes of at least 4 members (excludes halogenated alkanes) is 1. The van der Waals surface area contributed by atoms with Crippen LogP contribution < -0.4 is 4.72 Å². The van der Waals surface area contributed by atoms with Crippen molar-refractivity contribution in [1.82, 2.24) is 24.5 Å². The van der Waals surface area contributed by atoms with Gasteiger partial charge in [0.2, 0.25) is 10.0 Å². The lowest BCUT2D eigenvalue weighted by Crippen LogP contribution is -2.44. The molecule has 0 fully saturated rings. The van der Waals surface area contributed by atoms with E-state index < -0.39 is 22.0 Å². The van der Waals surface area contributed by atoms with Gasteiger partial charge in [0.05, 0.1) is 35.9 Å². The molecular formula is C22H24N6O4S. The Morgan fingerprint density at radius 1 is 1.21 bits per heavy atom. The maximum Gasteiger partial charge on any atom is 0.324 e. The lowest BCUT2D eigenvalue weighted by atomic mass is 10.1. The van der Waals surface area contributed by atoms with Crippen molar-refractivity contribution < 1.29 is 17.9 Å². The second kappa shape index (κ2) is 10.8. The molecule has 1 atom stereocenters. The number of nitrogens with one attached hydrogen (secondary N) is 1. The smallest absolute Gasteiger partial charge is 0.324 e. The summed E-state index contributed by atoms with van der Waals surface area (Å²) in [6.07, 6.45) is 4.41. The van der Waals surface area contributed by atoms with Gasteiger partial charge in [0.15, 0.2) is 5.82 Å². The Balaban J connectivity index is 1.73. The maximum atomic E-state index is 12.2. The summed E-state index contributed by atoms with van der Waals surface area (Å²) in [5.74, 6) is -0.243. The third-order valence-corrected chi connectivity index (χ3v) is 6.32. The molecular weight excluding hydrogens is 444 g/mol. The number of carbonyl (C=O) groups excluding carboxylic acids is 1. The predicted octanol–water partition coefficient (Wildman–Crippen LogP) is 2.00. The monoisotopic (exact) mass is 468 g/mol. The quantitative estimate of drug-likeness (QED) is 0.446. The van der Waals surface area contributed by atoms with Gasteiger partial charge in [0, 0.05) is 18.2 Å². The molecule has 0 aliphatic carbocycles. The van der Waals surface area contributed by atoms with Gasteiger partial charge in [-0.1, -0.05) is 25.5 Å². The minimum Gasteiger partial charge on any atom is -0.468 e. The third kappa shape index (κ3) is 6.44. The van der Waals surface area contributed by atoms with Crippen LogP contribution in [-0.2, 0) is 26.0 Å². The van der Waals surface area contributed by atoms with Crippen LogP contribution in [-0.4, -0.2) is 53.0 Å². The number of carbonyl (C=O) groups is 1. The molecule has 1 N–H and O–H groups in total. The minimum absolute atomic E-state index is 0.0295. The van der Waals surface area contributed by atoms with Gasteiger partial charge < -0.3 is 4.74 Å². The van der Waals surface area contributed by atoms with Crippen LogP contribution in [0.15, 0.2) is 48.9 Å². The minimum atomic E-state index is -3.62. The molecule has 0 aliphatic rings. The highest BCUT2D eigenvalue weighted by Gasteiger charge is 2.26.